The zero-order valence-electron chi connectivity index (χ0n) is 11.1. The summed E-state index contributed by atoms with van der Waals surface area (Å²) in [5.74, 6) is 0.828. The molecule has 0 N–H and O–H groups in total. The number of nitro benzene ring substituents is 1. The van der Waals surface area contributed by atoms with E-state index in [0.717, 1.165) is 5.56 Å². The molecule has 0 aliphatic carbocycles. The Kier molecular flexibility index (Phi) is 5.42. The summed E-state index contributed by atoms with van der Waals surface area (Å²) in [4.78, 5) is 10.5. The molecule has 0 radical (unpaired) electrons. The van der Waals surface area contributed by atoms with Gasteiger partial charge < -0.3 is 4.74 Å². The molecule has 2 aromatic rings. The van der Waals surface area contributed by atoms with E-state index >= 15 is 0 Å². The Hall–Kier alpha value is -1.78. The highest BCUT2D eigenvalue weighted by Crippen LogP contribution is 2.30. The van der Waals surface area contributed by atoms with Gasteiger partial charge >= 0.3 is 0 Å². The Morgan fingerprint density at radius 2 is 1.81 bits per heavy atom. The number of halogens is 2. The van der Waals surface area contributed by atoms with Crippen molar-refractivity contribution in [3.63, 3.8) is 0 Å². The van der Waals surface area contributed by atoms with E-state index in [2.05, 4.69) is 0 Å². The Labute approximate surface area is 132 Å². The molecule has 0 aliphatic rings. The lowest BCUT2D eigenvalue weighted by molar-refractivity contribution is -0.385. The van der Waals surface area contributed by atoms with Gasteiger partial charge in [-0.25, -0.2) is 0 Å². The number of ether oxygens (including phenoxy) is 1. The molecule has 0 bridgehead atoms. The third-order valence-electron chi connectivity index (χ3n) is 3.00. The second-order valence-corrected chi connectivity index (χ2v) is 5.02. The number of hydrogen-bond acceptors (Lipinski definition) is 3. The standard InChI is InChI=1S/C15H13Cl2NO3/c16-10-12-5-3-6-13(17)15(12)21-9-8-11-4-1-2-7-14(11)18(19)20/h1-7H,8-10H2. The highest BCUT2D eigenvalue weighted by Gasteiger charge is 2.13. The number of nitro groups is 1. The van der Waals surface area contributed by atoms with E-state index in [1.165, 1.54) is 6.07 Å². The lowest BCUT2D eigenvalue weighted by atomic mass is 10.1. The maximum absolute atomic E-state index is 10.9. The largest absolute Gasteiger partial charge is 0.491 e. The van der Waals surface area contributed by atoms with Gasteiger partial charge in [-0.2, -0.15) is 0 Å². The predicted octanol–water partition coefficient (Wildman–Crippen LogP) is 4.61. The van der Waals surface area contributed by atoms with Gasteiger partial charge in [0.25, 0.3) is 5.69 Å². The van der Waals surface area contributed by atoms with Gasteiger partial charge in [0.2, 0.25) is 0 Å². The summed E-state index contributed by atoms with van der Waals surface area (Å²) in [6.45, 7) is 0.290. The lowest BCUT2D eigenvalue weighted by Crippen LogP contribution is -2.05. The van der Waals surface area contributed by atoms with Crippen molar-refractivity contribution in [1.82, 2.24) is 0 Å². The monoisotopic (exact) mass is 325 g/mol. The zero-order valence-corrected chi connectivity index (χ0v) is 12.6. The van der Waals surface area contributed by atoms with Gasteiger partial charge in [-0.05, 0) is 6.07 Å². The van der Waals surface area contributed by atoms with Crippen molar-refractivity contribution in [2.75, 3.05) is 6.61 Å². The summed E-state index contributed by atoms with van der Waals surface area (Å²) in [5, 5.41) is 11.4. The average Bonchev–Trinajstić information content (AvgIpc) is 2.49. The van der Waals surface area contributed by atoms with Gasteiger partial charge in [-0.15, -0.1) is 11.6 Å². The molecule has 0 saturated heterocycles. The van der Waals surface area contributed by atoms with Crippen molar-refractivity contribution in [1.29, 1.82) is 0 Å². The first-order chi connectivity index (χ1) is 10.1. The van der Waals surface area contributed by atoms with Crippen LogP contribution >= 0.6 is 23.2 Å². The molecule has 0 fully saturated rings. The quantitative estimate of drug-likeness (QED) is 0.442. The molecule has 2 aromatic carbocycles. The maximum Gasteiger partial charge on any atom is 0.272 e. The normalized spacial score (nSPS) is 10.4. The maximum atomic E-state index is 10.9. The van der Waals surface area contributed by atoms with Gasteiger partial charge in [0.05, 0.1) is 22.4 Å². The summed E-state index contributed by atoms with van der Waals surface area (Å²) >= 11 is 11.9. The molecule has 0 unspecified atom stereocenters. The van der Waals surface area contributed by atoms with Gasteiger partial charge in [-0.3, -0.25) is 10.1 Å². The van der Waals surface area contributed by atoms with Crippen molar-refractivity contribution < 1.29 is 9.66 Å². The minimum Gasteiger partial charge on any atom is -0.491 e. The van der Waals surface area contributed by atoms with Crippen LogP contribution in [0, 0.1) is 10.1 Å². The SMILES string of the molecule is O=[N+]([O-])c1ccccc1CCOc1c(Cl)cccc1CCl. The van der Waals surface area contributed by atoms with Crippen LogP contribution in [0.5, 0.6) is 5.75 Å². The van der Waals surface area contributed by atoms with Crippen LogP contribution in [0.1, 0.15) is 11.1 Å². The highest BCUT2D eigenvalue weighted by molar-refractivity contribution is 6.32. The van der Waals surface area contributed by atoms with Crippen LogP contribution in [-0.4, -0.2) is 11.5 Å². The molecule has 21 heavy (non-hydrogen) atoms. The second kappa shape index (κ2) is 7.29. The van der Waals surface area contributed by atoms with Crippen LogP contribution in [0.2, 0.25) is 5.02 Å². The number of rotatable bonds is 6. The fourth-order valence-corrected chi connectivity index (χ4v) is 2.44. The van der Waals surface area contributed by atoms with Crippen molar-refractivity contribution in [2.24, 2.45) is 0 Å². The number of nitrogens with zero attached hydrogens (tertiary/aromatic N) is 1. The number of alkyl halides is 1. The fourth-order valence-electron chi connectivity index (χ4n) is 1.98. The third kappa shape index (κ3) is 3.86. The highest BCUT2D eigenvalue weighted by atomic mass is 35.5. The van der Waals surface area contributed by atoms with Crippen LogP contribution in [0.4, 0.5) is 5.69 Å². The van der Waals surface area contributed by atoms with Crippen LogP contribution < -0.4 is 4.74 Å². The van der Waals surface area contributed by atoms with E-state index in [1.54, 1.807) is 30.3 Å². The molecule has 6 heteroatoms. The van der Waals surface area contributed by atoms with Gasteiger partial charge in [-0.1, -0.05) is 41.9 Å². The first-order valence-corrected chi connectivity index (χ1v) is 7.23. The molecule has 0 aliphatic heterocycles. The minimum absolute atomic E-state index is 0.0952. The predicted molar refractivity (Wildman–Crippen MR) is 83.3 cm³/mol. The van der Waals surface area contributed by atoms with Crippen molar-refractivity contribution in [2.45, 2.75) is 12.3 Å². The zero-order chi connectivity index (χ0) is 15.2. The average molecular weight is 326 g/mol. The molecule has 4 nitrogen and oxygen atoms in total. The Bertz CT molecular complexity index is 647. The number of benzene rings is 2. The van der Waals surface area contributed by atoms with E-state index < -0.39 is 4.92 Å². The summed E-state index contributed by atoms with van der Waals surface area (Å²) in [6.07, 6.45) is 0.421. The van der Waals surface area contributed by atoms with Crippen molar-refractivity contribution in [3.8, 4) is 5.75 Å². The van der Waals surface area contributed by atoms with Crippen LogP contribution in [-0.2, 0) is 12.3 Å². The molecule has 0 amide bonds. The van der Waals surface area contributed by atoms with Gasteiger partial charge in [0.15, 0.2) is 0 Å². The molecule has 0 saturated carbocycles. The summed E-state index contributed by atoms with van der Waals surface area (Å²) in [5.41, 5.74) is 1.52. The van der Waals surface area contributed by atoms with E-state index in [4.69, 9.17) is 27.9 Å². The van der Waals surface area contributed by atoms with Crippen molar-refractivity contribution in [3.05, 3.63) is 68.7 Å². The summed E-state index contributed by atoms with van der Waals surface area (Å²) < 4.78 is 5.66. The number of para-hydroxylation sites is 2. The van der Waals surface area contributed by atoms with Gasteiger partial charge in [0, 0.05) is 23.6 Å². The van der Waals surface area contributed by atoms with E-state index in [-0.39, 0.29) is 5.69 Å². The Morgan fingerprint density at radius 3 is 2.52 bits per heavy atom. The fraction of sp³-hybridized carbons (Fsp3) is 0.200. The molecule has 0 heterocycles. The van der Waals surface area contributed by atoms with E-state index in [0.29, 0.717) is 35.2 Å². The second-order valence-electron chi connectivity index (χ2n) is 4.35. The first kappa shape index (κ1) is 15.6. The first-order valence-electron chi connectivity index (χ1n) is 6.32. The third-order valence-corrected chi connectivity index (χ3v) is 3.58. The summed E-state index contributed by atoms with van der Waals surface area (Å²) in [6, 6.07) is 12.0. The summed E-state index contributed by atoms with van der Waals surface area (Å²) in [7, 11) is 0. The number of hydrogen-bond donors (Lipinski definition) is 0. The smallest absolute Gasteiger partial charge is 0.272 e. The molecule has 0 aromatic heterocycles. The Morgan fingerprint density at radius 1 is 1.10 bits per heavy atom. The minimum atomic E-state index is -0.394. The molecule has 2 rings (SSSR count). The molecule has 0 spiro atoms. The van der Waals surface area contributed by atoms with Crippen LogP contribution in [0.15, 0.2) is 42.5 Å². The molecular weight excluding hydrogens is 313 g/mol. The van der Waals surface area contributed by atoms with Crippen LogP contribution in [0.25, 0.3) is 0 Å². The lowest BCUT2D eigenvalue weighted by Gasteiger charge is -2.11. The molecule has 110 valence electrons. The topological polar surface area (TPSA) is 52.4 Å². The van der Waals surface area contributed by atoms with Crippen LogP contribution in [0.3, 0.4) is 0 Å². The van der Waals surface area contributed by atoms with Crippen molar-refractivity contribution >= 4 is 28.9 Å². The Balaban J connectivity index is 2.07. The molecular formula is C15H13Cl2NO3. The van der Waals surface area contributed by atoms with Gasteiger partial charge in [0.1, 0.15) is 5.75 Å². The van der Waals surface area contributed by atoms with E-state index in [9.17, 15) is 10.1 Å². The molecule has 0 atom stereocenters. The van der Waals surface area contributed by atoms with E-state index in [1.807, 2.05) is 6.07 Å².